The van der Waals surface area contributed by atoms with Gasteiger partial charge in [0.05, 0.1) is 84.1 Å². The highest BCUT2D eigenvalue weighted by molar-refractivity contribution is 7.89. The second-order valence-corrected chi connectivity index (χ2v) is 19.9. The molecule has 6 N–H and O–H groups in total. The Morgan fingerprint density at radius 1 is 0.537 bits per heavy atom. The predicted molar refractivity (Wildman–Crippen MR) is 304 cm³/mol. The van der Waals surface area contributed by atoms with Crippen LogP contribution in [-0.4, -0.2) is 77.7 Å². The van der Waals surface area contributed by atoms with Gasteiger partial charge in [-0.1, -0.05) is 25.3 Å². The number of primary sulfonamides is 1. The number of nitrogens with one attached hydrogen (secondary N) is 1. The van der Waals surface area contributed by atoms with Crippen molar-refractivity contribution in [2.75, 3.05) is 31.1 Å². The number of aliphatic hydroxyl groups is 2. The summed E-state index contributed by atoms with van der Waals surface area (Å²) in [6.07, 6.45) is 8.78. The number of aliphatic hydroxyl groups excluding tert-OH is 2. The third-order valence-electron chi connectivity index (χ3n) is 11.8. The number of sulfonamides is 1. The lowest BCUT2D eigenvalue weighted by atomic mass is 10.0. The molecule has 82 heavy (non-hydrogen) atoms. The van der Waals surface area contributed by atoms with Crippen LogP contribution in [0.25, 0.3) is 11.1 Å². The summed E-state index contributed by atoms with van der Waals surface area (Å²) in [7, 11) is -4.48. The molecule has 430 valence electrons. The number of carbonyl (C=O) groups excluding carboxylic acids is 4. The summed E-state index contributed by atoms with van der Waals surface area (Å²) in [6.45, 7) is 7.25. The molecule has 1 atom stereocenters. The van der Waals surface area contributed by atoms with E-state index in [1.807, 2.05) is 0 Å². The minimum atomic E-state index is -4.48. The number of unbranched alkanes of at least 4 members (excludes halogenated alkanes) is 6. The minimum absolute atomic E-state index is 0.0232. The number of anilines is 1. The summed E-state index contributed by atoms with van der Waals surface area (Å²) >= 11 is -2.65. The molecule has 0 bridgehead atoms. The highest BCUT2D eigenvalue weighted by Crippen LogP contribution is 2.38. The number of ether oxygens (including phenoxy) is 6. The summed E-state index contributed by atoms with van der Waals surface area (Å²) < 4.78 is 83.1. The maximum atomic E-state index is 13.1. The standard InChI is InChI=1S/C58H60N6O16S2/c1-3-55(67)77-31-11-7-5-9-29-75-47-21-13-39(14-22-47)57(69)79-52-27-19-43(33-41(52)37-65)60-62-45-17-25-49(51(35-45)64-81(71)72)50-26-18-46(36-54(50)82(59,73)74)63-61-44-20-28-53(42(34-44)38-66)80-58(70)40-15-23-48(24-16-40)76-30-10-6-8-12-32-78-56(68)4-2/h3-4,13-28,33-36,64-66H,1-2,5-12,29-32,37-38H2,(H,71,72)(H2,59,73,74). The molecule has 0 fully saturated rings. The van der Waals surface area contributed by atoms with Crippen molar-refractivity contribution >= 4 is 73.6 Å². The first kappa shape index (κ1) is 62.4. The number of rotatable bonds is 32. The van der Waals surface area contributed by atoms with Crippen LogP contribution in [0.15, 0.2) is 172 Å². The monoisotopic (exact) mass is 1160 g/mol. The van der Waals surface area contributed by atoms with E-state index in [-0.39, 0.29) is 73.3 Å². The smallest absolute Gasteiger partial charge is 0.343 e. The van der Waals surface area contributed by atoms with Crippen LogP contribution in [0.4, 0.5) is 28.4 Å². The fraction of sp³-hybridized carbons (Fsp3) is 0.241. The van der Waals surface area contributed by atoms with Gasteiger partial charge in [0, 0.05) is 34.4 Å². The van der Waals surface area contributed by atoms with Gasteiger partial charge in [-0.3, -0.25) is 9.27 Å². The lowest BCUT2D eigenvalue weighted by Crippen LogP contribution is -2.14. The number of hydrogen-bond donors (Lipinski definition) is 5. The van der Waals surface area contributed by atoms with Crippen LogP contribution >= 0.6 is 0 Å². The number of carbonyl (C=O) groups is 4. The van der Waals surface area contributed by atoms with E-state index in [1.54, 1.807) is 48.5 Å². The molecule has 22 nitrogen and oxygen atoms in total. The Kier molecular flexibility index (Phi) is 24.3. The Labute approximate surface area is 475 Å². The second kappa shape index (κ2) is 31.9. The third kappa shape index (κ3) is 19.8. The summed E-state index contributed by atoms with van der Waals surface area (Å²) in [6, 6.07) is 29.7. The first-order valence-corrected chi connectivity index (χ1v) is 28.2. The highest BCUT2D eigenvalue weighted by atomic mass is 32.2. The molecule has 1 unspecified atom stereocenters. The first-order valence-electron chi connectivity index (χ1n) is 25.6. The predicted octanol–water partition coefficient (Wildman–Crippen LogP) is 11.1. The van der Waals surface area contributed by atoms with Crippen LogP contribution < -0.4 is 28.8 Å². The SMILES string of the molecule is C=CC(=O)OCCCCCCOc1ccc(C(=O)Oc2ccc(N=Nc3ccc(-c4ccc(N=Nc5ccc(OC(=O)c6ccc(OCCCCCCOC(=O)C=C)cc6)c(CO)c5)cc4S(N)(=O)=O)c(NS(=O)O)c3)cc2CO)cc1. The van der Waals surface area contributed by atoms with Crippen molar-refractivity contribution in [1.82, 2.24) is 0 Å². The van der Waals surface area contributed by atoms with Crippen molar-refractivity contribution in [3.05, 3.63) is 169 Å². The topological polar surface area (TPSA) is 323 Å². The molecule has 0 saturated heterocycles. The number of benzene rings is 6. The Balaban J connectivity index is 1.06. The molecule has 6 aromatic rings. The number of nitrogens with two attached hydrogens (primary N) is 1. The van der Waals surface area contributed by atoms with E-state index >= 15 is 0 Å². The number of azo groups is 2. The third-order valence-corrected chi connectivity index (χ3v) is 13.1. The molecule has 0 heterocycles. The summed E-state index contributed by atoms with van der Waals surface area (Å²) in [4.78, 5) is 47.9. The molecular weight excluding hydrogens is 1100 g/mol. The molecule has 0 spiro atoms. The molecule has 6 rings (SSSR count). The maximum absolute atomic E-state index is 13.1. The fourth-order valence-corrected chi connectivity index (χ4v) is 8.75. The average molecular weight is 1160 g/mol. The van der Waals surface area contributed by atoms with Crippen LogP contribution in [0.1, 0.15) is 83.2 Å². The molecule has 0 saturated carbocycles. The van der Waals surface area contributed by atoms with Crippen molar-refractivity contribution in [3.63, 3.8) is 0 Å². The van der Waals surface area contributed by atoms with Crippen molar-refractivity contribution in [2.45, 2.75) is 69.5 Å². The quantitative estimate of drug-likeness (QED) is 0.00654. The zero-order valence-corrected chi connectivity index (χ0v) is 46.0. The summed E-state index contributed by atoms with van der Waals surface area (Å²) in [5, 5.41) is 42.8. The van der Waals surface area contributed by atoms with E-state index in [0.717, 1.165) is 69.6 Å². The zero-order valence-electron chi connectivity index (χ0n) is 44.3. The lowest BCUT2D eigenvalue weighted by Gasteiger charge is -2.14. The van der Waals surface area contributed by atoms with Crippen LogP contribution in [0.2, 0.25) is 0 Å². The Morgan fingerprint density at radius 2 is 0.927 bits per heavy atom. The van der Waals surface area contributed by atoms with E-state index in [1.165, 1.54) is 66.7 Å². The van der Waals surface area contributed by atoms with E-state index in [2.05, 4.69) is 38.3 Å². The van der Waals surface area contributed by atoms with Gasteiger partial charge in [0.2, 0.25) is 10.0 Å². The molecule has 6 aromatic carbocycles. The molecule has 0 aromatic heterocycles. The van der Waals surface area contributed by atoms with Crippen LogP contribution in [-0.2, 0) is 53.6 Å². The molecule has 0 amide bonds. The van der Waals surface area contributed by atoms with Crippen LogP contribution in [0.3, 0.4) is 0 Å². The molecule has 0 radical (unpaired) electrons. The van der Waals surface area contributed by atoms with E-state index in [0.29, 0.717) is 37.9 Å². The molecule has 0 aliphatic carbocycles. The van der Waals surface area contributed by atoms with Gasteiger partial charge >= 0.3 is 23.9 Å². The van der Waals surface area contributed by atoms with Gasteiger partial charge in [-0.05, 0) is 161 Å². The van der Waals surface area contributed by atoms with Crippen LogP contribution in [0, 0.1) is 0 Å². The zero-order chi connectivity index (χ0) is 58.9. The Bertz CT molecular complexity index is 3410. The van der Waals surface area contributed by atoms with Crippen molar-refractivity contribution in [2.24, 2.45) is 25.6 Å². The Morgan fingerprint density at radius 3 is 1.33 bits per heavy atom. The number of nitrogens with zero attached hydrogens (tertiary/aromatic N) is 4. The lowest BCUT2D eigenvalue weighted by molar-refractivity contribution is -0.138. The molecule has 0 aliphatic rings. The van der Waals surface area contributed by atoms with Gasteiger partial charge in [-0.25, -0.2) is 36.9 Å². The maximum Gasteiger partial charge on any atom is 0.343 e. The van der Waals surface area contributed by atoms with E-state index in [9.17, 15) is 46.6 Å². The summed E-state index contributed by atoms with van der Waals surface area (Å²) in [5.74, 6) is -1.01. The van der Waals surface area contributed by atoms with Gasteiger partial charge in [0.1, 0.15) is 23.0 Å². The second-order valence-electron chi connectivity index (χ2n) is 17.7. The van der Waals surface area contributed by atoms with Crippen molar-refractivity contribution in [3.8, 4) is 34.1 Å². The number of esters is 4. The highest BCUT2D eigenvalue weighted by Gasteiger charge is 2.21. The molecular formula is C58H60N6O16S2. The molecule has 24 heteroatoms. The fourth-order valence-electron chi connectivity index (χ4n) is 7.62. The van der Waals surface area contributed by atoms with Crippen molar-refractivity contribution in [1.29, 1.82) is 0 Å². The average Bonchev–Trinajstić information content (AvgIpc) is 3.65. The largest absolute Gasteiger partial charge is 0.494 e. The van der Waals surface area contributed by atoms with Gasteiger partial charge in [-0.2, -0.15) is 20.5 Å². The summed E-state index contributed by atoms with van der Waals surface area (Å²) in [5.41, 5.74) is 1.66. The minimum Gasteiger partial charge on any atom is -0.494 e. The van der Waals surface area contributed by atoms with Crippen LogP contribution in [0.5, 0.6) is 23.0 Å². The first-order chi connectivity index (χ1) is 39.6. The molecule has 0 aliphatic heterocycles. The van der Waals surface area contributed by atoms with Crippen molar-refractivity contribution < 1.29 is 75.0 Å². The van der Waals surface area contributed by atoms with Gasteiger partial charge < -0.3 is 38.6 Å². The van der Waals surface area contributed by atoms with Gasteiger partial charge in [-0.15, -0.1) is 0 Å². The van der Waals surface area contributed by atoms with Gasteiger partial charge in [0.15, 0.2) is 0 Å². The Hall–Kier alpha value is -8.78. The normalized spacial score (nSPS) is 11.7. The number of hydrogen-bond acceptors (Lipinski definition) is 19. The van der Waals surface area contributed by atoms with Gasteiger partial charge in [0.25, 0.3) is 11.3 Å². The van der Waals surface area contributed by atoms with E-state index < -0.39 is 63.3 Å². The van der Waals surface area contributed by atoms with E-state index in [4.69, 9.17) is 33.6 Å².